The van der Waals surface area contributed by atoms with Gasteiger partial charge < -0.3 is 15.0 Å². The average Bonchev–Trinajstić information content (AvgIpc) is 2.40. The molecule has 1 heterocycles. The highest BCUT2D eigenvalue weighted by molar-refractivity contribution is 5.28. The van der Waals surface area contributed by atoms with Gasteiger partial charge in [-0.1, -0.05) is 6.92 Å². The van der Waals surface area contributed by atoms with Crippen molar-refractivity contribution >= 4 is 5.95 Å². The third kappa shape index (κ3) is 5.42. The quantitative estimate of drug-likeness (QED) is 0.674. The van der Waals surface area contributed by atoms with Gasteiger partial charge in [-0.25, -0.2) is 9.97 Å². The summed E-state index contributed by atoms with van der Waals surface area (Å²) in [6.45, 7) is 8.26. The molecule has 0 spiro atoms. The molecule has 1 aromatic heterocycles. The number of anilines is 1. The van der Waals surface area contributed by atoms with Crippen LogP contribution in [0, 0.1) is 0 Å². The van der Waals surface area contributed by atoms with Gasteiger partial charge in [0.25, 0.3) is 0 Å². The van der Waals surface area contributed by atoms with Gasteiger partial charge in [-0.05, 0) is 19.9 Å². The molecule has 0 radical (unpaired) electrons. The van der Waals surface area contributed by atoms with Gasteiger partial charge >= 0.3 is 0 Å². The number of nitrogens with one attached hydrogen (secondary N) is 1. The highest BCUT2D eigenvalue weighted by Gasteiger charge is 2.03. The Labute approximate surface area is 110 Å². The van der Waals surface area contributed by atoms with Gasteiger partial charge in [0.1, 0.15) is 0 Å². The van der Waals surface area contributed by atoms with Crippen molar-refractivity contribution in [2.24, 2.45) is 0 Å². The lowest BCUT2D eigenvalue weighted by atomic mass is 10.3. The fraction of sp³-hybridized carbons (Fsp3) is 0.692. The van der Waals surface area contributed by atoms with Gasteiger partial charge in [-0.3, -0.25) is 0 Å². The number of rotatable bonds is 9. The zero-order chi connectivity index (χ0) is 13.2. The van der Waals surface area contributed by atoms with Gasteiger partial charge in [0.2, 0.25) is 5.95 Å². The second-order valence-corrected chi connectivity index (χ2v) is 4.19. The first-order valence-corrected chi connectivity index (χ1v) is 6.58. The summed E-state index contributed by atoms with van der Waals surface area (Å²) >= 11 is 0. The van der Waals surface area contributed by atoms with Crippen molar-refractivity contribution in [3.8, 4) is 0 Å². The molecular weight excluding hydrogens is 228 g/mol. The molecule has 5 nitrogen and oxygen atoms in total. The Morgan fingerprint density at radius 3 is 2.61 bits per heavy atom. The molecule has 0 amide bonds. The molecule has 0 saturated carbocycles. The second kappa shape index (κ2) is 8.83. The first kappa shape index (κ1) is 14.9. The van der Waals surface area contributed by atoms with E-state index in [1.54, 1.807) is 0 Å². The van der Waals surface area contributed by atoms with Crippen LogP contribution in [0.3, 0.4) is 0 Å². The lowest BCUT2D eigenvalue weighted by molar-refractivity contribution is 0.154. The molecule has 18 heavy (non-hydrogen) atoms. The first-order chi connectivity index (χ1) is 8.77. The van der Waals surface area contributed by atoms with E-state index in [0.29, 0.717) is 6.61 Å². The Morgan fingerprint density at radius 1 is 1.28 bits per heavy atom. The van der Waals surface area contributed by atoms with Crippen LogP contribution in [0.2, 0.25) is 0 Å². The predicted molar refractivity (Wildman–Crippen MR) is 73.8 cm³/mol. The fourth-order valence-electron chi connectivity index (χ4n) is 1.49. The van der Waals surface area contributed by atoms with E-state index in [0.717, 1.165) is 44.2 Å². The molecule has 0 saturated heterocycles. The van der Waals surface area contributed by atoms with Gasteiger partial charge in [0.15, 0.2) is 0 Å². The summed E-state index contributed by atoms with van der Waals surface area (Å²) in [5.41, 5.74) is 1.12. The van der Waals surface area contributed by atoms with Crippen molar-refractivity contribution in [2.75, 3.05) is 38.3 Å². The summed E-state index contributed by atoms with van der Waals surface area (Å²) < 4.78 is 5.31. The largest absolute Gasteiger partial charge is 0.380 e. The van der Waals surface area contributed by atoms with Crippen molar-refractivity contribution in [2.45, 2.75) is 26.8 Å². The van der Waals surface area contributed by atoms with Crippen molar-refractivity contribution < 1.29 is 4.74 Å². The minimum Gasteiger partial charge on any atom is -0.380 e. The third-order valence-corrected chi connectivity index (χ3v) is 2.56. The molecule has 0 aliphatic carbocycles. The zero-order valence-electron chi connectivity index (χ0n) is 11.6. The molecule has 5 heteroatoms. The molecule has 1 N–H and O–H groups in total. The van der Waals surface area contributed by atoms with E-state index in [9.17, 15) is 0 Å². The van der Waals surface area contributed by atoms with Crippen LogP contribution >= 0.6 is 0 Å². The monoisotopic (exact) mass is 252 g/mol. The maximum atomic E-state index is 5.31. The van der Waals surface area contributed by atoms with Crippen LogP contribution in [-0.2, 0) is 11.3 Å². The Hall–Kier alpha value is -1.20. The Balaban J connectivity index is 2.38. The number of nitrogens with zero attached hydrogens (tertiary/aromatic N) is 3. The van der Waals surface area contributed by atoms with Crippen molar-refractivity contribution in [1.82, 2.24) is 15.3 Å². The molecule has 0 bridgehead atoms. The summed E-state index contributed by atoms with van der Waals surface area (Å²) in [7, 11) is 1.98. The van der Waals surface area contributed by atoms with E-state index >= 15 is 0 Å². The first-order valence-electron chi connectivity index (χ1n) is 6.58. The molecule has 1 rings (SSSR count). The number of ether oxygens (including phenoxy) is 1. The summed E-state index contributed by atoms with van der Waals surface area (Å²) in [5.74, 6) is 0.744. The van der Waals surface area contributed by atoms with Crippen molar-refractivity contribution in [1.29, 1.82) is 0 Å². The van der Waals surface area contributed by atoms with Crippen LogP contribution in [0.1, 0.15) is 25.8 Å². The second-order valence-electron chi connectivity index (χ2n) is 4.19. The maximum absolute atomic E-state index is 5.31. The van der Waals surface area contributed by atoms with Gasteiger partial charge in [0.05, 0.1) is 6.61 Å². The molecule has 0 aliphatic rings. The zero-order valence-corrected chi connectivity index (χ0v) is 11.6. The van der Waals surface area contributed by atoms with Crippen LogP contribution in [0.25, 0.3) is 0 Å². The molecule has 0 aliphatic heterocycles. The van der Waals surface area contributed by atoms with Crippen LogP contribution in [0.5, 0.6) is 0 Å². The van der Waals surface area contributed by atoms with Crippen LogP contribution in [0.15, 0.2) is 12.4 Å². The van der Waals surface area contributed by atoms with E-state index in [-0.39, 0.29) is 0 Å². The summed E-state index contributed by atoms with van der Waals surface area (Å²) in [5, 5.41) is 3.33. The number of likely N-dealkylation sites (N-methyl/N-ethyl adjacent to an activating group) is 1. The standard InChI is InChI=1S/C13H24N4O/c1-4-6-14-9-12-10-15-13(16-11-12)17(3)7-8-18-5-2/h10-11,14H,4-9H2,1-3H3. The highest BCUT2D eigenvalue weighted by Crippen LogP contribution is 2.04. The topological polar surface area (TPSA) is 50.3 Å². The summed E-state index contributed by atoms with van der Waals surface area (Å²) in [6, 6.07) is 0. The van der Waals surface area contributed by atoms with Gasteiger partial charge in [-0.15, -0.1) is 0 Å². The van der Waals surface area contributed by atoms with Gasteiger partial charge in [0, 0.05) is 44.7 Å². The predicted octanol–water partition coefficient (Wildman–Crippen LogP) is 1.45. The Kier molecular flexibility index (Phi) is 7.29. The normalized spacial score (nSPS) is 10.6. The SMILES string of the molecule is CCCNCc1cnc(N(C)CCOCC)nc1. The Morgan fingerprint density at radius 2 is 2.00 bits per heavy atom. The maximum Gasteiger partial charge on any atom is 0.225 e. The van der Waals surface area contributed by atoms with E-state index in [4.69, 9.17) is 4.74 Å². The summed E-state index contributed by atoms with van der Waals surface area (Å²) in [4.78, 5) is 10.7. The fourth-order valence-corrected chi connectivity index (χ4v) is 1.49. The van der Waals surface area contributed by atoms with E-state index in [2.05, 4.69) is 22.2 Å². The van der Waals surface area contributed by atoms with E-state index in [1.165, 1.54) is 0 Å². The van der Waals surface area contributed by atoms with Crippen LogP contribution < -0.4 is 10.2 Å². The third-order valence-electron chi connectivity index (χ3n) is 2.56. The molecule has 1 aromatic rings. The van der Waals surface area contributed by atoms with Crippen LogP contribution in [-0.4, -0.2) is 43.3 Å². The number of hydrogen-bond donors (Lipinski definition) is 1. The van der Waals surface area contributed by atoms with Crippen molar-refractivity contribution in [3.63, 3.8) is 0 Å². The average molecular weight is 252 g/mol. The molecule has 0 aromatic carbocycles. The van der Waals surface area contributed by atoms with E-state index < -0.39 is 0 Å². The lowest BCUT2D eigenvalue weighted by Crippen LogP contribution is -2.24. The summed E-state index contributed by atoms with van der Waals surface area (Å²) in [6.07, 6.45) is 4.89. The highest BCUT2D eigenvalue weighted by atomic mass is 16.5. The smallest absolute Gasteiger partial charge is 0.225 e. The van der Waals surface area contributed by atoms with Crippen molar-refractivity contribution in [3.05, 3.63) is 18.0 Å². The number of hydrogen-bond acceptors (Lipinski definition) is 5. The molecular formula is C13H24N4O. The lowest BCUT2D eigenvalue weighted by Gasteiger charge is -2.16. The molecule has 0 atom stereocenters. The van der Waals surface area contributed by atoms with Gasteiger partial charge in [-0.2, -0.15) is 0 Å². The minimum atomic E-state index is 0.705. The minimum absolute atomic E-state index is 0.705. The Bertz CT molecular complexity index is 315. The molecule has 0 unspecified atom stereocenters. The van der Waals surface area contributed by atoms with E-state index in [1.807, 2.05) is 31.3 Å². The molecule has 0 fully saturated rings. The number of aromatic nitrogens is 2. The molecule has 102 valence electrons. The van der Waals surface area contributed by atoms with Crippen LogP contribution in [0.4, 0.5) is 5.95 Å².